The number of alkyl halides is 3. The summed E-state index contributed by atoms with van der Waals surface area (Å²) in [6, 6.07) is 5.86. The van der Waals surface area contributed by atoms with Crippen LogP contribution in [0.1, 0.15) is 23.2 Å². The molecule has 1 aromatic carbocycles. The van der Waals surface area contributed by atoms with Gasteiger partial charge in [-0.3, -0.25) is 4.90 Å². The van der Waals surface area contributed by atoms with E-state index < -0.39 is 26.3 Å². The number of anilines is 3. The second-order valence-electron chi connectivity index (χ2n) is 11.3. The fraction of sp³-hybridized carbons (Fsp3) is 0.519. The molecule has 1 N–H and O–H groups in total. The van der Waals surface area contributed by atoms with Crippen molar-refractivity contribution in [3.05, 3.63) is 41.1 Å². The molecule has 11 nitrogen and oxygen atoms in total. The van der Waals surface area contributed by atoms with E-state index in [0.717, 1.165) is 6.07 Å². The lowest BCUT2D eigenvalue weighted by Gasteiger charge is -2.54. The highest BCUT2D eigenvalue weighted by molar-refractivity contribution is 7.94. The van der Waals surface area contributed by atoms with Crippen molar-refractivity contribution in [3.63, 3.8) is 0 Å². The zero-order chi connectivity index (χ0) is 29.9. The summed E-state index contributed by atoms with van der Waals surface area (Å²) in [7, 11) is 0.519. The number of aliphatic imine (C=N–C) groups is 1. The summed E-state index contributed by atoms with van der Waals surface area (Å²) in [5, 5.41) is 8.03. The number of benzene rings is 1. The number of aryl methyl sites for hydroxylation is 1. The van der Waals surface area contributed by atoms with Crippen molar-refractivity contribution in [2.45, 2.75) is 30.8 Å². The number of fused-ring (bicyclic) bond motifs is 1. The van der Waals surface area contributed by atoms with E-state index in [0.29, 0.717) is 61.4 Å². The number of aromatic nitrogens is 3. The van der Waals surface area contributed by atoms with Gasteiger partial charge in [-0.05, 0) is 25.5 Å². The lowest BCUT2D eigenvalue weighted by Crippen LogP contribution is -2.71. The van der Waals surface area contributed by atoms with Gasteiger partial charge >= 0.3 is 6.18 Å². The quantitative estimate of drug-likeness (QED) is 0.321. The lowest BCUT2D eigenvalue weighted by molar-refractivity contribution is -0.138. The Bertz CT molecular complexity index is 1640. The van der Waals surface area contributed by atoms with Gasteiger partial charge in [0.2, 0.25) is 0 Å². The van der Waals surface area contributed by atoms with E-state index in [1.807, 2.05) is 20.2 Å². The number of rotatable bonds is 7. The molecule has 2 aromatic heterocycles. The minimum Gasteiger partial charge on any atom is -0.378 e. The molecule has 0 radical (unpaired) electrons. The first-order valence-corrected chi connectivity index (χ1v) is 15.4. The SMILES string of the molecule is Cc1nc2c(/N=C/N(C)C)cc(N3CCOCC3)nn2c1Nc1cccc(C(F)(F)F)c1CN1CC2(CCS2(=O)=O)C1. The largest absolute Gasteiger partial charge is 0.416 e. The van der Waals surface area contributed by atoms with Crippen molar-refractivity contribution < 1.29 is 26.3 Å². The van der Waals surface area contributed by atoms with Crippen LogP contribution in [-0.4, -0.2) is 103 Å². The Hall–Kier alpha value is -3.43. The number of hydrogen-bond acceptors (Lipinski definition) is 9. The molecule has 0 atom stereocenters. The highest BCUT2D eigenvalue weighted by Crippen LogP contribution is 2.44. The Labute approximate surface area is 241 Å². The van der Waals surface area contributed by atoms with E-state index in [1.165, 1.54) is 6.07 Å². The number of halogens is 3. The van der Waals surface area contributed by atoms with Crippen molar-refractivity contribution in [1.82, 2.24) is 24.4 Å². The van der Waals surface area contributed by atoms with Gasteiger partial charge in [0.25, 0.3) is 0 Å². The van der Waals surface area contributed by atoms with Crippen LogP contribution in [-0.2, 0) is 27.3 Å². The number of hydrogen-bond donors (Lipinski definition) is 1. The van der Waals surface area contributed by atoms with Gasteiger partial charge in [0, 0.05) is 64.1 Å². The molecule has 0 unspecified atom stereocenters. The topological polar surface area (TPSA) is 108 Å². The van der Waals surface area contributed by atoms with Crippen LogP contribution in [0.25, 0.3) is 5.65 Å². The van der Waals surface area contributed by atoms with Gasteiger partial charge in [-0.1, -0.05) is 6.07 Å². The second-order valence-corrected chi connectivity index (χ2v) is 13.8. The molecule has 3 aliphatic rings. The van der Waals surface area contributed by atoms with Crippen LogP contribution >= 0.6 is 0 Å². The normalized spacial score (nSPS) is 20.2. The highest BCUT2D eigenvalue weighted by Gasteiger charge is 2.59. The highest BCUT2D eigenvalue weighted by atomic mass is 32.2. The first-order chi connectivity index (χ1) is 19.9. The molecular weight excluding hydrogens is 573 g/mol. The molecule has 6 rings (SSSR count). The summed E-state index contributed by atoms with van der Waals surface area (Å²) < 4.78 is 73.5. The van der Waals surface area contributed by atoms with Gasteiger partial charge in [0.1, 0.15) is 5.69 Å². The van der Waals surface area contributed by atoms with Gasteiger partial charge in [-0.2, -0.15) is 17.7 Å². The molecule has 3 aromatic rings. The van der Waals surface area contributed by atoms with Crippen molar-refractivity contribution in [1.29, 1.82) is 0 Å². The van der Waals surface area contributed by atoms with E-state index >= 15 is 0 Å². The van der Waals surface area contributed by atoms with Gasteiger partial charge in [0.15, 0.2) is 27.1 Å². The molecular formula is C27H33F3N8O3S. The number of nitrogens with one attached hydrogen (secondary N) is 1. The number of imidazole rings is 1. The summed E-state index contributed by atoms with van der Waals surface area (Å²) in [5.74, 6) is 1.21. The third kappa shape index (κ3) is 5.07. The van der Waals surface area contributed by atoms with Gasteiger partial charge in [0.05, 0.1) is 41.3 Å². The Morgan fingerprint density at radius 1 is 1.21 bits per heavy atom. The number of ether oxygens (including phenoxy) is 1. The first-order valence-electron chi connectivity index (χ1n) is 13.7. The molecule has 3 aliphatic heterocycles. The van der Waals surface area contributed by atoms with Crippen LogP contribution in [0.4, 0.5) is 36.2 Å². The molecule has 226 valence electrons. The van der Waals surface area contributed by atoms with E-state index in [2.05, 4.69) is 20.2 Å². The maximum atomic E-state index is 14.2. The first kappa shape index (κ1) is 28.7. The number of sulfone groups is 1. The molecule has 42 heavy (non-hydrogen) atoms. The Kier molecular flexibility index (Phi) is 7.09. The van der Waals surface area contributed by atoms with Crippen LogP contribution in [0.5, 0.6) is 0 Å². The van der Waals surface area contributed by atoms with Crippen LogP contribution < -0.4 is 10.2 Å². The van der Waals surface area contributed by atoms with Crippen LogP contribution in [0.2, 0.25) is 0 Å². The molecule has 0 amide bonds. The number of nitrogens with zero attached hydrogens (tertiary/aromatic N) is 7. The average molecular weight is 607 g/mol. The monoisotopic (exact) mass is 606 g/mol. The maximum absolute atomic E-state index is 14.2. The Morgan fingerprint density at radius 2 is 1.95 bits per heavy atom. The molecule has 0 saturated carbocycles. The van der Waals surface area contributed by atoms with Crippen molar-refractivity contribution in [2.24, 2.45) is 4.99 Å². The Balaban J connectivity index is 1.40. The molecule has 0 aliphatic carbocycles. The van der Waals surface area contributed by atoms with Gasteiger partial charge in [-0.25, -0.2) is 18.4 Å². The molecule has 3 fully saturated rings. The van der Waals surface area contributed by atoms with Crippen LogP contribution in [0.15, 0.2) is 29.3 Å². The van der Waals surface area contributed by atoms with E-state index in [-0.39, 0.29) is 36.6 Å². The second kappa shape index (κ2) is 10.4. The van der Waals surface area contributed by atoms with Gasteiger partial charge in [-0.15, -0.1) is 5.10 Å². The zero-order valence-electron chi connectivity index (χ0n) is 23.6. The maximum Gasteiger partial charge on any atom is 0.416 e. The zero-order valence-corrected chi connectivity index (χ0v) is 24.5. The van der Waals surface area contributed by atoms with Gasteiger partial charge < -0.3 is 19.9 Å². The van der Waals surface area contributed by atoms with E-state index in [4.69, 9.17) is 9.84 Å². The standard InChI is InChI=1S/C27H33F3N8O3S/c1-18-24(38-25(32-18)22(31-17-35(2)3)13-23(34-38)37-8-10-41-11-9-37)33-21-6-4-5-20(27(28,29)30)19(21)14-36-15-26(16-36)7-12-42(26,39)40/h4-6,13,17,33H,7-12,14-16H2,1-3H3/b31-17+. The number of likely N-dealkylation sites (tertiary alicyclic amines) is 1. The fourth-order valence-corrected chi connectivity index (χ4v) is 7.62. The summed E-state index contributed by atoms with van der Waals surface area (Å²) >= 11 is 0. The Morgan fingerprint density at radius 3 is 2.57 bits per heavy atom. The summed E-state index contributed by atoms with van der Waals surface area (Å²) in [4.78, 5) is 14.9. The lowest BCUT2D eigenvalue weighted by atomic mass is 9.93. The number of morpholine rings is 1. The minimum atomic E-state index is -4.59. The van der Waals surface area contributed by atoms with Crippen molar-refractivity contribution >= 4 is 44.8 Å². The molecule has 5 heterocycles. The average Bonchev–Trinajstić information content (AvgIpc) is 3.23. The predicted molar refractivity (Wildman–Crippen MR) is 154 cm³/mol. The van der Waals surface area contributed by atoms with Crippen LogP contribution in [0.3, 0.4) is 0 Å². The van der Waals surface area contributed by atoms with Crippen molar-refractivity contribution in [3.8, 4) is 0 Å². The third-order valence-corrected chi connectivity index (χ3v) is 10.6. The summed E-state index contributed by atoms with van der Waals surface area (Å²) in [6.45, 7) is 4.55. The van der Waals surface area contributed by atoms with E-state index in [9.17, 15) is 21.6 Å². The molecule has 0 bridgehead atoms. The van der Waals surface area contributed by atoms with E-state index in [1.54, 1.807) is 33.6 Å². The molecule has 1 spiro atoms. The molecule has 3 saturated heterocycles. The van der Waals surface area contributed by atoms with Crippen LogP contribution in [0, 0.1) is 6.92 Å². The molecule has 15 heteroatoms. The minimum absolute atomic E-state index is 0.0427. The van der Waals surface area contributed by atoms with Crippen molar-refractivity contribution in [2.75, 3.05) is 69.5 Å². The predicted octanol–water partition coefficient (Wildman–Crippen LogP) is 3.23. The third-order valence-electron chi connectivity index (χ3n) is 8.11. The fourth-order valence-electron chi connectivity index (χ4n) is 5.75. The smallest absolute Gasteiger partial charge is 0.378 e. The summed E-state index contributed by atoms with van der Waals surface area (Å²) in [5.41, 5.74) is 1.08. The summed E-state index contributed by atoms with van der Waals surface area (Å²) in [6.07, 6.45) is -2.39.